The van der Waals surface area contributed by atoms with Gasteiger partial charge in [0.1, 0.15) is 5.69 Å². The molecule has 2 N–H and O–H groups in total. The van der Waals surface area contributed by atoms with E-state index in [9.17, 15) is 18.0 Å². The van der Waals surface area contributed by atoms with Gasteiger partial charge in [0.15, 0.2) is 0 Å². The highest BCUT2D eigenvalue weighted by atomic mass is 19.4. The molecule has 0 radical (unpaired) electrons. The van der Waals surface area contributed by atoms with Crippen LogP contribution in [0.4, 0.5) is 18.9 Å². The van der Waals surface area contributed by atoms with Crippen molar-refractivity contribution in [2.75, 3.05) is 11.4 Å². The Morgan fingerprint density at radius 2 is 2.11 bits per heavy atom. The Morgan fingerprint density at radius 1 is 1.44 bits per heavy atom. The van der Waals surface area contributed by atoms with Crippen LogP contribution >= 0.6 is 0 Å². The molecule has 1 atom stereocenters. The van der Waals surface area contributed by atoms with Gasteiger partial charge in [0.2, 0.25) is 5.91 Å². The van der Waals surface area contributed by atoms with Gasteiger partial charge < -0.3 is 10.6 Å². The van der Waals surface area contributed by atoms with Crippen LogP contribution in [0, 0.1) is 6.92 Å². The van der Waals surface area contributed by atoms with Gasteiger partial charge in [-0.05, 0) is 19.1 Å². The number of nitrogens with two attached hydrogens (primary N) is 1. The highest BCUT2D eigenvalue weighted by molar-refractivity contribution is 5.96. The molecule has 1 fully saturated rings. The Labute approximate surface area is 102 Å². The summed E-state index contributed by atoms with van der Waals surface area (Å²) < 4.78 is 37.4. The smallest absolute Gasteiger partial charge is 0.326 e. The van der Waals surface area contributed by atoms with Crippen LogP contribution in [0.1, 0.15) is 17.8 Å². The molecular formula is C11H12F3N3O. The van der Waals surface area contributed by atoms with E-state index in [0.717, 1.165) is 6.07 Å². The van der Waals surface area contributed by atoms with Gasteiger partial charge in [0.05, 0.1) is 11.4 Å². The fourth-order valence-electron chi connectivity index (χ4n) is 1.96. The minimum atomic E-state index is -4.48. The summed E-state index contributed by atoms with van der Waals surface area (Å²) in [7, 11) is 0. The quantitative estimate of drug-likeness (QED) is 0.830. The lowest BCUT2D eigenvalue weighted by Crippen LogP contribution is -2.29. The van der Waals surface area contributed by atoms with Crippen molar-refractivity contribution in [3.05, 3.63) is 23.5 Å². The second-order valence-electron chi connectivity index (χ2n) is 4.27. The fraction of sp³-hybridized carbons (Fsp3) is 0.455. The third-order valence-electron chi connectivity index (χ3n) is 2.79. The van der Waals surface area contributed by atoms with Gasteiger partial charge in [-0.15, -0.1) is 0 Å². The number of hydrogen-bond acceptors (Lipinski definition) is 3. The number of aryl methyl sites for hydroxylation is 1. The predicted octanol–water partition coefficient (Wildman–Crippen LogP) is 1.47. The summed E-state index contributed by atoms with van der Waals surface area (Å²) in [5.74, 6) is -0.188. The van der Waals surface area contributed by atoms with Gasteiger partial charge >= 0.3 is 6.18 Å². The Kier molecular flexibility index (Phi) is 3.02. The molecule has 1 saturated heterocycles. The molecule has 98 valence electrons. The van der Waals surface area contributed by atoms with Crippen molar-refractivity contribution in [3.63, 3.8) is 0 Å². The Morgan fingerprint density at radius 3 is 2.56 bits per heavy atom. The van der Waals surface area contributed by atoms with Crippen LogP contribution in [0.15, 0.2) is 12.1 Å². The zero-order valence-electron chi connectivity index (χ0n) is 9.66. The minimum absolute atomic E-state index is 0.173. The van der Waals surface area contributed by atoms with Crippen LogP contribution in [0.5, 0.6) is 0 Å². The van der Waals surface area contributed by atoms with E-state index in [1.165, 1.54) is 17.9 Å². The first kappa shape index (κ1) is 12.8. The van der Waals surface area contributed by atoms with E-state index in [0.29, 0.717) is 12.2 Å². The molecule has 0 aromatic carbocycles. The highest BCUT2D eigenvalue weighted by Crippen LogP contribution is 2.31. The number of anilines is 1. The largest absolute Gasteiger partial charge is 0.433 e. The first-order valence-corrected chi connectivity index (χ1v) is 5.40. The van der Waals surface area contributed by atoms with Gasteiger partial charge in [-0.2, -0.15) is 13.2 Å². The summed E-state index contributed by atoms with van der Waals surface area (Å²) in [6.07, 6.45) is -4.27. The monoisotopic (exact) mass is 259 g/mol. The number of carbonyl (C=O) groups excluding carboxylic acids is 1. The van der Waals surface area contributed by atoms with Crippen LogP contribution < -0.4 is 10.6 Å². The average Bonchev–Trinajstić information content (AvgIpc) is 2.56. The first-order valence-electron chi connectivity index (χ1n) is 5.40. The molecule has 1 unspecified atom stereocenters. The van der Waals surface area contributed by atoms with Crippen molar-refractivity contribution < 1.29 is 18.0 Å². The zero-order chi connectivity index (χ0) is 13.5. The molecule has 1 aliphatic rings. The summed E-state index contributed by atoms with van der Waals surface area (Å²) in [5.41, 5.74) is 5.24. The van der Waals surface area contributed by atoms with Gasteiger partial charge in [-0.3, -0.25) is 4.79 Å². The van der Waals surface area contributed by atoms with Crippen LogP contribution in [0.25, 0.3) is 0 Å². The lowest BCUT2D eigenvalue weighted by Gasteiger charge is -2.19. The zero-order valence-corrected chi connectivity index (χ0v) is 9.66. The molecule has 1 aromatic heterocycles. The predicted molar refractivity (Wildman–Crippen MR) is 58.9 cm³/mol. The van der Waals surface area contributed by atoms with Crippen molar-refractivity contribution in [1.29, 1.82) is 0 Å². The summed E-state index contributed by atoms with van der Waals surface area (Å²) >= 11 is 0. The van der Waals surface area contributed by atoms with Crippen molar-refractivity contribution in [1.82, 2.24) is 4.98 Å². The molecule has 18 heavy (non-hydrogen) atoms. The number of aromatic nitrogens is 1. The maximum absolute atomic E-state index is 12.5. The van der Waals surface area contributed by atoms with Crippen LogP contribution in [-0.4, -0.2) is 23.5 Å². The Bertz CT molecular complexity index is 487. The summed E-state index contributed by atoms with van der Waals surface area (Å²) in [6.45, 7) is 1.76. The molecule has 0 spiro atoms. The topological polar surface area (TPSA) is 59.2 Å². The van der Waals surface area contributed by atoms with E-state index in [4.69, 9.17) is 5.73 Å². The molecule has 4 nitrogen and oxygen atoms in total. The van der Waals surface area contributed by atoms with Gasteiger partial charge in [0.25, 0.3) is 0 Å². The third-order valence-corrected chi connectivity index (χ3v) is 2.79. The van der Waals surface area contributed by atoms with Crippen molar-refractivity contribution in [2.24, 2.45) is 5.73 Å². The maximum Gasteiger partial charge on any atom is 0.433 e. The lowest BCUT2D eigenvalue weighted by molar-refractivity contribution is -0.141. The SMILES string of the molecule is Cc1nc(C(F)(F)F)ccc1N1CC(N)CC1=O. The number of nitrogens with zero attached hydrogens (tertiary/aromatic N) is 2. The van der Waals surface area contributed by atoms with Crippen molar-refractivity contribution in [2.45, 2.75) is 25.6 Å². The van der Waals surface area contributed by atoms with Crippen molar-refractivity contribution in [3.8, 4) is 0 Å². The van der Waals surface area contributed by atoms with Crippen LogP contribution in [-0.2, 0) is 11.0 Å². The Balaban J connectivity index is 2.34. The van der Waals surface area contributed by atoms with Crippen LogP contribution in [0.3, 0.4) is 0 Å². The maximum atomic E-state index is 12.5. The van der Waals surface area contributed by atoms with E-state index in [1.807, 2.05) is 0 Å². The molecular weight excluding hydrogens is 247 g/mol. The van der Waals surface area contributed by atoms with Crippen LogP contribution in [0.2, 0.25) is 0 Å². The average molecular weight is 259 g/mol. The minimum Gasteiger partial charge on any atom is -0.326 e. The van der Waals surface area contributed by atoms with E-state index in [1.54, 1.807) is 0 Å². The molecule has 1 aromatic rings. The summed E-state index contributed by atoms with van der Waals surface area (Å²) in [6, 6.07) is 1.86. The van der Waals surface area contributed by atoms with E-state index in [-0.39, 0.29) is 24.1 Å². The summed E-state index contributed by atoms with van der Waals surface area (Å²) in [4.78, 5) is 16.5. The lowest BCUT2D eigenvalue weighted by atomic mass is 10.2. The fourth-order valence-corrected chi connectivity index (χ4v) is 1.96. The number of amides is 1. The molecule has 1 aliphatic heterocycles. The third kappa shape index (κ3) is 2.31. The standard InChI is InChI=1S/C11H12F3N3O/c1-6-8(17-5-7(15)4-10(17)18)2-3-9(16-6)11(12,13)14/h2-3,7H,4-5,15H2,1H3. The van der Waals surface area contributed by atoms with Gasteiger partial charge in [0, 0.05) is 19.0 Å². The number of pyridine rings is 1. The van der Waals surface area contributed by atoms with Gasteiger partial charge in [-0.1, -0.05) is 0 Å². The van der Waals surface area contributed by atoms with E-state index in [2.05, 4.69) is 4.98 Å². The molecule has 2 heterocycles. The Hall–Kier alpha value is -1.63. The van der Waals surface area contributed by atoms with Gasteiger partial charge in [-0.25, -0.2) is 4.98 Å². The number of rotatable bonds is 1. The molecule has 0 aliphatic carbocycles. The molecule has 0 bridgehead atoms. The second-order valence-corrected chi connectivity index (χ2v) is 4.27. The molecule has 2 rings (SSSR count). The number of carbonyl (C=O) groups is 1. The van der Waals surface area contributed by atoms with Crippen molar-refractivity contribution >= 4 is 11.6 Å². The first-order chi connectivity index (χ1) is 8.29. The number of halogens is 3. The molecule has 0 saturated carbocycles. The van der Waals surface area contributed by atoms with E-state index < -0.39 is 11.9 Å². The highest BCUT2D eigenvalue weighted by Gasteiger charge is 2.34. The normalized spacial score (nSPS) is 20.6. The number of hydrogen-bond donors (Lipinski definition) is 1. The molecule has 1 amide bonds. The second kappa shape index (κ2) is 4.24. The summed E-state index contributed by atoms with van der Waals surface area (Å²) in [5, 5.41) is 0. The number of alkyl halides is 3. The van der Waals surface area contributed by atoms with E-state index >= 15 is 0 Å². The molecule has 7 heteroatoms.